The van der Waals surface area contributed by atoms with Crippen LogP contribution in [0.4, 0.5) is 4.79 Å². The first-order chi connectivity index (χ1) is 7.80. The van der Waals surface area contributed by atoms with E-state index in [-0.39, 0.29) is 6.61 Å². The van der Waals surface area contributed by atoms with Crippen LogP contribution in [0.3, 0.4) is 0 Å². The minimum absolute atomic E-state index is 0.267. The summed E-state index contributed by atoms with van der Waals surface area (Å²) in [5.41, 5.74) is -0.598. The van der Waals surface area contributed by atoms with Gasteiger partial charge in [0.1, 0.15) is 11.6 Å². The standard InChI is InChI=1S/C12H21NO4/c1-6-8-9(10(14)16-7-2)13-11(15)17-12(3,4)5/h6,8-9H,7H2,1-5H3,(H,13,15)/b8-6+. The summed E-state index contributed by atoms with van der Waals surface area (Å²) in [6, 6.07) is -0.810. The molecule has 17 heavy (non-hydrogen) atoms. The number of alkyl carbamates (subject to hydrolysis) is 1. The third kappa shape index (κ3) is 7.38. The Balaban J connectivity index is 4.45. The number of nitrogens with one attached hydrogen (secondary N) is 1. The Labute approximate surface area is 102 Å². The van der Waals surface area contributed by atoms with Gasteiger partial charge in [0.05, 0.1) is 6.61 Å². The number of hydrogen-bond donors (Lipinski definition) is 1. The van der Waals surface area contributed by atoms with Crippen molar-refractivity contribution >= 4 is 12.1 Å². The Bertz CT molecular complexity index is 291. The summed E-state index contributed by atoms with van der Waals surface area (Å²) in [6.45, 7) is 8.98. The van der Waals surface area contributed by atoms with Crippen LogP contribution in [0.5, 0.6) is 0 Å². The predicted molar refractivity (Wildman–Crippen MR) is 64.6 cm³/mol. The Kier molecular flexibility index (Phi) is 6.31. The molecule has 5 nitrogen and oxygen atoms in total. The number of allylic oxidation sites excluding steroid dienone is 1. The third-order valence-electron chi connectivity index (χ3n) is 1.60. The SMILES string of the molecule is C/C=C/C(NC(=O)OC(C)(C)C)C(=O)OCC. The molecule has 0 aromatic carbocycles. The Morgan fingerprint density at radius 1 is 1.35 bits per heavy atom. The second-order valence-corrected chi connectivity index (χ2v) is 4.40. The number of esters is 1. The lowest BCUT2D eigenvalue weighted by Crippen LogP contribution is -2.43. The first kappa shape index (κ1) is 15.5. The first-order valence-electron chi connectivity index (χ1n) is 5.59. The minimum atomic E-state index is -0.810. The number of carbonyl (C=O) groups excluding carboxylic acids is 2. The topological polar surface area (TPSA) is 64.6 Å². The van der Waals surface area contributed by atoms with Gasteiger partial charge in [-0.05, 0) is 34.6 Å². The molecule has 0 spiro atoms. The molecule has 0 heterocycles. The summed E-state index contributed by atoms with van der Waals surface area (Å²) < 4.78 is 9.88. The van der Waals surface area contributed by atoms with Gasteiger partial charge in [-0.25, -0.2) is 9.59 Å². The van der Waals surface area contributed by atoms with Crippen LogP contribution in [0, 0.1) is 0 Å². The molecule has 0 aliphatic carbocycles. The molecule has 1 N–H and O–H groups in total. The molecule has 0 saturated heterocycles. The molecule has 0 radical (unpaired) electrons. The molecule has 1 atom stereocenters. The third-order valence-corrected chi connectivity index (χ3v) is 1.60. The van der Waals surface area contributed by atoms with E-state index < -0.39 is 23.7 Å². The zero-order valence-electron chi connectivity index (χ0n) is 11.1. The predicted octanol–water partition coefficient (Wildman–Crippen LogP) is 2.02. The molecular formula is C12H21NO4. The van der Waals surface area contributed by atoms with Crippen molar-refractivity contribution in [1.82, 2.24) is 5.32 Å². The van der Waals surface area contributed by atoms with Gasteiger partial charge in [-0.1, -0.05) is 12.2 Å². The van der Waals surface area contributed by atoms with Crippen molar-refractivity contribution in [2.24, 2.45) is 0 Å². The Morgan fingerprint density at radius 2 is 1.94 bits per heavy atom. The van der Waals surface area contributed by atoms with Gasteiger partial charge < -0.3 is 14.8 Å². The Hall–Kier alpha value is -1.52. The molecule has 0 aliphatic rings. The largest absolute Gasteiger partial charge is 0.464 e. The van der Waals surface area contributed by atoms with Crippen LogP contribution < -0.4 is 5.32 Å². The van der Waals surface area contributed by atoms with Gasteiger partial charge in [-0.3, -0.25) is 0 Å². The van der Waals surface area contributed by atoms with Crippen molar-refractivity contribution in [2.45, 2.75) is 46.3 Å². The molecule has 1 unspecified atom stereocenters. The summed E-state index contributed by atoms with van der Waals surface area (Å²) in [7, 11) is 0. The van der Waals surface area contributed by atoms with E-state index in [1.165, 1.54) is 0 Å². The number of carbonyl (C=O) groups is 2. The summed E-state index contributed by atoms with van der Waals surface area (Å²) in [6.07, 6.45) is 2.56. The highest BCUT2D eigenvalue weighted by atomic mass is 16.6. The summed E-state index contributed by atoms with van der Waals surface area (Å²) >= 11 is 0. The number of hydrogen-bond acceptors (Lipinski definition) is 4. The van der Waals surface area contributed by atoms with Crippen LogP contribution in [-0.2, 0) is 14.3 Å². The number of rotatable bonds is 4. The highest BCUT2D eigenvalue weighted by molar-refractivity contribution is 5.83. The van der Waals surface area contributed by atoms with Crippen LogP contribution in [0.2, 0.25) is 0 Å². The summed E-state index contributed by atoms with van der Waals surface area (Å²) in [5, 5.41) is 2.44. The second kappa shape index (κ2) is 6.93. The van der Waals surface area contributed by atoms with Gasteiger partial charge in [-0.15, -0.1) is 0 Å². The molecule has 0 aromatic heterocycles. The van der Waals surface area contributed by atoms with Crippen LogP contribution in [0.15, 0.2) is 12.2 Å². The number of amides is 1. The van der Waals surface area contributed by atoms with Crippen molar-refractivity contribution in [3.63, 3.8) is 0 Å². The maximum Gasteiger partial charge on any atom is 0.408 e. The highest BCUT2D eigenvalue weighted by Crippen LogP contribution is 2.07. The van der Waals surface area contributed by atoms with E-state index in [1.54, 1.807) is 46.8 Å². The van der Waals surface area contributed by atoms with Gasteiger partial charge in [-0.2, -0.15) is 0 Å². The summed E-state index contributed by atoms with van der Waals surface area (Å²) in [4.78, 5) is 23.0. The number of ether oxygens (including phenoxy) is 2. The van der Waals surface area contributed by atoms with Crippen LogP contribution in [0.1, 0.15) is 34.6 Å². The normalized spacial score (nSPS) is 13.2. The quantitative estimate of drug-likeness (QED) is 0.606. The molecule has 1 amide bonds. The molecule has 0 fully saturated rings. The molecule has 5 heteroatoms. The smallest absolute Gasteiger partial charge is 0.408 e. The molecule has 98 valence electrons. The zero-order chi connectivity index (χ0) is 13.5. The lowest BCUT2D eigenvalue weighted by Gasteiger charge is -2.21. The van der Waals surface area contributed by atoms with Crippen LogP contribution in [-0.4, -0.2) is 30.3 Å². The maximum absolute atomic E-state index is 11.5. The molecule has 0 bridgehead atoms. The van der Waals surface area contributed by atoms with Gasteiger partial charge in [0.25, 0.3) is 0 Å². The fourth-order valence-electron chi connectivity index (χ4n) is 1.04. The van der Waals surface area contributed by atoms with E-state index in [1.807, 2.05) is 0 Å². The van der Waals surface area contributed by atoms with Crippen molar-refractivity contribution in [3.05, 3.63) is 12.2 Å². The van der Waals surface area contributed by atoms with Crippen molar-refractivity contribution in [1.29, 1.82) is 0 Å². The maximum atomic E-state index is 11.5. The molecule has 0 saturated carbocycles. The second-order valence-electron chi connectivity index (χ2n) is 4.40. The first-order valence-corrected chi connectivity index (χ1v) is 5.59. The molecule has 0 aliphatic heterocycles. The van der Waals surface area contributed by atoms with E-state index >= 15 is 0 Å². The highest BCUT2D eigenvalue weighted by Gasteiger charge is 2.22. The van der Waals surface area contributed by atoms with E-state index in [9.17, 15) is 9.59 Å². The van der Waals surface area contributed by atoms with Gasteiger partial charge in [0, 0.05) is 0 Å². The van der Waals surface area contributed by atoms with Gasteiger partial charge in [0.2, 0.25) is 0 Å². The fraction of sp³-hybridized carbons (Fsp3) is 0.667. The molecule has 0 rings (SSSR count). The zero-order valence-corrected chi connectivity index (χ0v) is 11.1. The molecular weight excluding hydrogens is 222 g/mol. The summed E-state index contributed by atoms with van der Waals surface area (Å²) in [5.74, 6) is -0.503. The van der Waals surface area contributed by atoms with Gasteiger partial charge in [0.15, 0.2) is 0 Å². The van der Waals surface area contributed by atoms with Gasteiger partial charge >= 0.3 is 12.1 Å². The van der Waals surface area contributed by atoms with E-state index in [0.29, 0.717) is 0 Å². The monoisotopic (exact) mass is 243 g/mol. The van der Waals surface area contributed by atoms with Crippen molar-refractivity contribution < 1.29 is 19.1 Å². The Morgan fingerprint density at radius 3 is 2.35 bits per heavy atom. The van der Waals surface area contributed by atoms with E-state index in [2.05, 4.69) is 5.32 Å². The van der Waals surface area contributed by atoms with Crippen LogP contribution >= 0.6 is 0 Å². The van der Waals surface area contributed by atoms with E-state index in [4.69, 9.17) is 9.47 Å². The van der Waals surface area contributed by atoms with Crippen molar-refractivity contribution in [3.8, 4) is 0 Å². The van der Waals surface area contributed by atoms with E-state index in [0.717, 1.165) is 0 Å². The lowest BCUT2D eigenvalue weighted by molar-refractivity contribution is -0.144. The average molecular weight is 243 g/mol. The van der Waals surface area contributed by atoms with Crippen LogP contribution in [0.25, 0.3) is 0 Å². The minimum Gasteiger partial charge on any atom is -0.464 e. The average Bonchev–Trinajstić information content (AvgIpc) is 2.14. The van der Waals surface area contributed by atoms with Crippen molar-refractivity contribution in [2.75, 3.05) is 6.61 Å². The lowest BCUT2D eigenvalue weighted by atomic mass is 10.2. The fourth-order valence-corrected chi connectivity index (χ4v) is 1.04. The molecule has 0 aromatic rings.